The summed E-state index contributed by atoms with van der Waals surface area (Å²) >= 11 is 0. The van der Waals surface area contributed by atoms with Crippen molar-refractivity contribution in [2.24, 2.45) is 0 Å². The summed E-state index contributed by atoms with van der Waals surface area (Å²) in [6, 6.07) is 12.0. The van der Waals surface area contributed by atoms with Crippen LogP contribution < -0.4 is 0 Å². The predicted molar refractivity (Wildman–Crippen MR) is 59.4 cm³/mol. The van der Waals surface area contributed by atoms with E-state index in [1.807, 2.05) is 42.3 Å². The predicted octanol–water partition coefficient (Wildman–Crippen LogP) is 1.22. The molecule has 0 aliphatic carbocycles. The van der Waals surface area contributed by atoms with E-state index in [9.17, 15) is 0 Å². The van der Waals surface area contributed by atoms with Crippen LogP contribution in [0, 0.1) is 11.3 Å². The Hall–Kier alpha value is -1.37. The molecule has 0 aliphatic rings. The molecule has 1 aromatic carbocycles. The molecule has 0 radical (unpaired) electrons. The zero-order valence-corrected chi connectivity index (χ0v) is 8.93. The molecule has 0 aromatic heterocycles. The van der Waals surface area contributed by atoms with Crippen molar-refractivity contribution in [2.45, 2.75) is 5.92 Å². The standard InChI is InChI=1S/C12H16N2O/c1-14(7-8-15)10-12(9-13)11-5-3-2-4-6-11/h2-6,12,15H,7-8,10H2,1H3. The van der Waals surface area contributed by atoms with E-state index in [-0.39, 0.29) is 12.5 Å². The fourth-order valence-electron chi connectivity index (χ4n) is 1.48. The monoisotopic (exact) mass is 204 g/mol. The molecule has 1 atom stereocenters. The minimum atomic E-state index is -0.122. The van der Waals surface area contributed by atoms with Crippen LogP contribution in [0.1, 0.15) is 11.5 Å². The molecule has 1 unspecified atom stereocenters. The van der Waals surface area contributed by atoms with Crippen LogP contribution >= 0.6 is 0 Å². The van der Waals surface area contributed by atoms with Crippen molar-refractivity contribution in [3.63, 3.8) is 0 Å². The lowest BCUT2D eigenvalue weighted by molar-refractivity contribution is 0.219. The first kappa shape index (κ1) is 11.7. The molecule has 3 nitrogen and oxygen atoms in total. The molecule has 80 valence electrons. The van der Waals surface area contributed by atoms with Gasteiger partial charge in [-0.25, -0.2) is 0 Å². The lowest BCUT2D eigenvalue weighted by Gasteiger charge is -2.18. The van der Waals surface area contributed by atoms with Crippen molar-refractivity contribution in [1.82, 2.24) is 4.90 Å². The highest BCUT2D eigenvalue weighted by molar-refractivity contribution is 5.24. The largest absolute Gasteiger partial charge is 0.395 e. The molecule has 0 aliphatic heterocycles. The van der Waals surface area contributed by atoms with Gasteiger partial charge in [0.05, 0.1) is 18.6 Å². The Morgan fingerprint density at radius 3 is 2.60 bits per heavy atom. The fourth-order valence-corrected chi connectivity index (χ4v) is 1.48. The van der Waals surface area contributed by atoms with Crippen molar-refractivity contribution < 1.29 is 5.11 Å². The SMILES string of the molecule is CN(CCO)CC(C#N)c1ccccc1. The van der Waals surface area contributed by atoms with Gasteiger partial charge in [0.15, 0.2) is 0 Å². The molecule has 1 N–H and O–H groups in total. The number of nitriles is 1. The summed E-state index contributed by atoms with van der Waals surface area (Å²) in [6.45, 7) is 1.38. The van der Waals surface area contributed by atoms with Crippen molar-refractivity contribution in [2.75, 3.05) is 26.7 Å². The average molecular weight is 204 g/mol. The summed E-state index contributed by atoms with van der Waals surface area (Å²) in [6.07, 6.45) is 0. The minimum absolute atomic E-state index is 0.122. The highest BCUT2D eigenvalue weighted by Crippen LogP contribution is 2.15. The van der Waals surface area contributed by atoms with Crippen LogP contribution in [0.5, 0.6) is 0 Å². The molecule has 0 spiro atoms. The first-order valence-electron chi connectivity index (χ1n) is 5.02. The first-order valence-corrected chi connectivity index (χ1v) is 5.02. The Bertz CT molecular complexity index is 318. The Kier molecular flexibility index (Phi) is 4.82. The number of aliphatic hydroxyl groups is 1. The normalized spacial score (nSPS) is 12.4. The van der Waals surface area contributed by atoms with Crippen LogP contribution in [0.3, 0.4) is 0 Å². The van der Waals surface area contributed by atoms with Crippen molar-refractivity contribution in [3.05, 3.63) is 35.9 Å². The van der Waals surface area contributed by atoms with E-state index < -0.39 is 0 Å². The average Bonchev–Trinajstić information content (AvgIpc) is 2.27. The van der Waals surface area contributed by atoms with E-state index in [1.54, 1.807) is 0 Å². The van der Waals surface area contributed by atoms with E-state index in [0.29, 0.717) is 13.1 Å². The first-order chi connectivity index (χ1) is 7.27. The van der Waals surface area contributed by atoms with Gasteiger partial charge in [0, 0.05) is 13.1 Å². The maximum absolute atomic E-state index is 9.06. The van der Waals surface area contributed by atoms with Crippen LogP contribution in [0.15, 0.2) is 30.3 Å². The molecular formula is C12H16N2O. The number of benzene rings is 1. The smallest absolute Gasteiger partial charge is 0.0839 e. The van der Waals surface area contributed by atoms with Gasteiger partial charge >= 0.3 is 0 Å². The second-order valence-corrected chi connectivity index (χ2v) is 3.58. The summed E-state index contributed by atoms with van der Waals surface area (Å²) in [5.74, 6) is -0.122. The minimum Gasteiger partial charge on any atom is -0.395 e. The van der Waals surface area contributed by atoms with Gasteiger partial charge in [0.2, 0.25) is 0 Å². The quantitative estimate of drug-likeness (QED) is 0.784. The van der Waals surface area contributed by atoms with E-state index >= 15 is 0 Å². The maximum atomic E-state index is 9.06. The van der Waals surface area contributed by atoms with Gasteiger partial charge in [-0.3, -0.25) is 0 Å². The Balaban J connectivity index is 2.62. The highest BCUT2D eigenvalue weighted by Gasteiger charge is 2.12. The molecule has 3 heteroatoms. The van der Waals surface area contributed by atoms with E-state index in [4.69, 9.17) is 10.4 Å². The second-order valence-electron chi connectivity index (χ2n) is 3.58. The molecular weight excluding hydrogens is 188 g/mol. The number of rotatable bonds is 5. The molecule has 0 fully saturated rings. The van der Waals surface area contributed by atoms with Gasteiger partial charge in [-0.1, -0.05) is 30.3 Å². The van der Waals surface area contributed by atoms with Crippen LogP contribution in [0.25, 0.3) is 0 Å². The third-order valence-electron chi connectivity index (χ3n) is 2.33. The third-order valence-corrected chi connectivity index (χ3v) is 2.33. The van der Waals surface area contributed by atoms with Crippen LogP contribution in [-0.2, 0) is 0 Å². The maximum Gasteiger partial charge on any atom is 0.0839 e. The van der Waals surface area contributed by atoms with Crippen LogP contribution in [-0.4, -0.2) is 36.8 Å². The third kappa shape index (κ3) is 3.70. The number of hydrogen-bond donors (Lipinski definition) is 1. The summed E-state index contributed by atoms with van der Waals surface area (Å²) in [7, 11) is 1.91. The summed E-state index contributed by atoms with van der Waals surface area (Å²) in [5.41, 5.74) is 1.03. The van der Waals surface area contributed by atoms with Gasteiger partial charge in [-0.15, -0.1) is 0 Å². The van der Waals surface area contributed by atoms with E-state index in [0.717, 1.165) is 5.56 Å². The number of aliphatic hydroxyl groups excluding tert-OH is 1. The van der Waals surface area contributed by atoms with Gasteiger partial charge in [-0.2, -0.15) is 5.26 Å². The van der Waals surface area contributed by atoms with Crippen LogP contribution in [0.2, 0.25) is 0 Å². The van der Waals surface area contributed by atoms with E-state index in [2.05, 4.69) is 6.07 Å². The topological polar surface area (TPSA) is 47.3 Å². The molecule has 0 saturated carbocycles. The zero-order chi connectivity index (χ0) is 11.1. The Morgan fingerprint density at radius 1 is 1.40 bits per heavy atom. The van der Waals surface area contributed by atoms with E-state index in [1.165, 1.54) is 0 Å². The Morgan fingerprint density at radius 2 is 2.07 bits per heavy atom. The van der Waals surface area contributed by atoms with Gasteiger partial charge in [-0.05, 0) is 12.6 Å². The van der Waals surface area contributed by atoms with Crippen LogP contribution in [0.4, 0.5) is 0 Å². The highest BCUT2D eigenvalue weighted by atomic mass is 16.3. The lowest BCUT2D eigenvalue weighted by atomic mass is 10.0. The molecule has 0 heterocycles. The molecule has 0 amide bonds. The van der Waals surface area contributed by atoms with Gasteiger partial charge in [0.1, 0.15) is 0 Å². The summed E-state index contributed by atoms with van der Waals surface area (Å²) < 4.78 is 0. The Labute approximate surface area is 90.6 Å². The van der Waals surface area contributed by atoms with Crippen molar-refractivity contribution in [1.29, 1.82) is 5.26 Å². The lowest BCUT2D eigenvalue weighted by Crippen LogP contribution is -2.26. The summed E-state index contributed by atoms with van der Waals surface area (Å²) in [5, 5.41) is 17.8. The molecule has 1 aromatic rings. The molecule has 1 rings (SSSR count). The molecule has 0 saturated heterocycles. The number of nitrogens with zero attached hydrogens (tertiary/aromatic N) is 2. The zero-order valence-electron chi connectivity index (χ0n) is 8.93. The number of hydrogen-bond acceptors (Lipinski definition) is 3. The molecule has 15 heavy (non-hydrogen) atoms. The molecule has 0 bridgehead atoms. The van der Waals surface area contributed by atoms with Crippen molar-refractivity contribution in [3.8, 4) is 6.07 Å². The second kappa shape index (κ2) is 6.18. The van der Waals surface area contributed by atoms with Crippen molar-refractivity contribution >= 4 is 0 Å². The fraction of sp³-hybridized carbons (Fsp3) is 0.417. The summed E-state index contributed by atoms with van der Waals surface area (Å²) in [4.78, 5) is 1.96. The number of likely N-dealkylation sites (N-methyl/N-ethyl adjacent to an activating group) is 1. The van der Waals surface area contributed by atoms with Gasteiger partial charge in [0.25, 0.3) is 0 Å². The van der Waals surface area contributed by atoms with Gasteiger partial charge < -0.3 is 10.0 Å².